The van der Waals surface area contributed by atoms with Crippen molar-refractivity contribution in [2.24, 2.45) is 0 Å². The summed E-state index contributed by atoms with van der Waals surface area (Å²) in [5.41, 5.74) is 0. The van der Waals surface area contributed by atoms with Crippen molar-refractivity contribution >= 4 is 19.8 Å². The highest BCUT2D eigenvalue weighted by atomic mass is 31.2. The third kappa shape index (κ3) is 39.9. The normalized spacial score (nSPS) is 14.0. The van der Waals surface area contributed by atoms with Gasteiger partial charge in [-0.25, -0.2) is 0 Å². The van der Waals surface area contributed by atoms with Crippen LogP contribution in [0.1, 0.15) is 181 Å². The van der Waals surface area contributed by atoms with Crippen LogP contribution >= 0.6 is 7.82 Å². The molecule has 316 valence electrons. The topological polar surface area (TPSA) is 111 Å². The Morgan fingerprint density at radius 1 is 0.574 bits per heavy atom. The molecular formula is C44H82NO8P. The number of hydrogen-bond acceptors (Lipinski definition) is 8. The van der Waals surface area contributed by atoms with E-state index in [2.05, 4.69) is 50.3 Å². The number of phosphoric acid groups is 1. The summed E-state index contributed by atoms with van der Waals surface area (Å²) in [5.74, 6) is -0.851. The Morgan fingerprint density at radius 3 is 1.54 bits per heavy atom. The summed E-state index contributed by atoms with van der Waals surface area (Å²) in [6.45, 7) is 4.14. The van der Waals surface area contributed by atoms with Crippen molar-refractivity contribution in [3.8, 4) is 0 Å². The SMILES string of the molecule is CCCC/C=C\CCCCCCCC(=O)OC[C@H](COP(=O)([O-])OCC[N+](C)(C)C)OC(=O)CCCCCCCCCCC/C=C\C/C=C\CCCCC. The molecule has 0 aromatic rings. The van der Waals surface area contributed by atoms with E-state index in [1.807, 2.05) is 21.1 Å². The van der Waals surface area contributed by atoms with Gasteiger partial charge in [0.15, 0.2) is 6.10 Å². The van der Waals surface area contributed by atoms with Crippen LogP contribution in [0.15, 0.2) is 36.5 Å². The fourth-order valence-electron chi connectivity index (χ4n) is 5.66. The Morgan fingerprint density at radius 2 is 1.02 bits per heavy atom. The summed E-state index contributed by atoms with van der Waals surface area (Å²) < 4.78 is 33.8. The maximum absolute atomic E-state index is 12.7. The van der Waals surface area contributed by atoms with Gasteiger partial charge in [0.05, 0.1) is 27.7 Å². The van der Waals surface area contributed by atoms with Gasteiger partial charge >= 0.3 is 11.9 Å². The molecule has 0 N–H and O–H groups in total. The second-order valence-electron chi connectivity index (χ2n) is 15.7. The van der Waals surface area contributed by atoms with Crippen molar-refractivity contribution in [3.05, 3.63) is 36.5 Å². The summed E-state index contributed by atoms with van der Waals surface area (Å²) in [4.78, 5) is 37.4. The van der Waals surface area contributed by atoms with Crippen LogP contribution in [0.25, 0.3) is 0 Å². The summed E-state index contributed by atoms with van der Waals surface area (Å²) in [5, 5.41) is 0. The number of ether oxygens (including phenoxy) is 2. The largest absolute Gasteiger partial charge is 0.756 e. The second-order valence-corrected chi connectivity index (χ2v) is 17.1. The predicted molar refractivity (Wildman–Crippen MR) is 222 cm³/mol. The molecule has 1 unspecified atom stereocenters. The Kier molecular flexibility index (Phi) is 35.6. The number of nitrogens with zero attached hydrogens (tertiary/aromatic N) is 1. The van der Waals surface area contributed by atoms with E-state index < -0.39 is 32.5 Å². The van der Waals surface area contributed by atoms with Crippen molar-refractivity contribution in [2.75, 3.05) is 47.5 Å². The van der Waals surface area contributed by atoms with Crippen molar-refractivity contribution in [2.45, 2.75) is 187 Å². The molecule has 10 heteroatoms. The number of carbonyl (C=O) groups excluding carboxylic acids is 2. The van der Waals surface area contributed by atoms with E-state index in [0.717, 1.165) is 77.0 Å². The van der Waals surface area contributed by atoms with E-state index in [1.165, 1.54) is 70.6 Å². The molecule has 0 heterocycles. The first-order valence-corrected chi connectivity index (χ1v) is 23.2. The van der Waals surface area contributed by atoms with Gasteiger partial charge in [-0.1, -0.05) is 140 Å². The van der Waals surface area contributed by atoms with Gasteiger partial charge in [-0.15, -0.1) is 0 Å². The number of allylic oxidation sites excluding steroid dienone is 6. The molecule has 0 spiro atoms. The maximum Gasteiger partial charge on any atom is 0.306 e. The standard InChI is InChI=1S/C44H82NO8P/c1-6-8-10-12-14-16-18-19-20-21-22-23-24-25-27-29-31-33-35-37-44(47)53-42(41-52-54(48,49)51-39-38-45(3,4)5)40-50-43(46)36-34-32-30-28-26-17-15-13-11-9-7-2/h13-16,19-20,42H,6-12,17-18,21-41H2,1-5H3/b15-13-,16-14-,20-19-/t42-/m1/s1. The van der Waals surface area contributed by atoms with Gasteiger partial charge in [-0.3, -0.25) is 14.2 Å². The molecule has 0 aliphatic carbocycles. The lowest BCUT2D eigenvalue weighted by atomic mass is 10.1. The molecule has 0 amide bonds. The minimum atomic E-state index is -4.62. The van der Waals surface area contributed by atoms with Gasteiger partial charge in [0.2, 0.25) is 0 Å². The molecule has 0 aromatic carbocycles. The molecule has 0 fully saturated rings. The van der Waals surface area contributed by atoms with Gasteiger partial charge in [0.25, 0.3) is 7.82 Å². The number of esters is 2. The Bertz CT molecular complexity index is 1020. The highest BCUT2D eigenvalue weighted by Crippen LogP contribution is 2.38. The first kappa shape index (κ1) is 52.2. The summed E-state index contributed by atoms with van der Waals surface area (Å²) >= 11 is 0. The van der Waals surface area contributed by atoms with Crippen LogP contribution in [-0.4, -0.2) is 70.0 Å². The minimum Gasteiger partial charge on any atom is -0.756 e. The van der Waals surface area contributed by atoms with Crippen LogP contribution in [0.2, 0.25) is 0 Å². The average Bonchev–Trinajstić information content (AvgIpc) is 3.12. The van der Waals surface area contributed by atoms with E-state index in [1.54, 1.807) is 0 Å². The highest BCUT2D eigenvalue weighted by molar-refractivity contribution is 7.45. The Labute approximate surface area is 331 Å². The second kappa shape index (κ2) is 36.8. The van der Waals surface area contributed by atoms with Crippen LogP contribution in [0, 0.1) is 0 Å². The summed E-state index contributed by atoms with van der Waals surface area (Å²) in [6, 6.07) is 0. The van der Waals surface area contributed by atoms with Crippen LogP contribution in [0.5, 0.6) is 0 Å². The van der Waals surface area contributed by atoms with Crippen LogP contribution in [-0.2, 0) is 32.7 Å². The minimum absolute atomic E-state index is 0.0332. The predicted octanol–water partition coefficient (Wildman–Crippen LogP) is 11.5. The summed E-state index contributed by atoms with van der Waals surface area (Å²) in [7, 11) is 1.16. The van der Waals surface area contributed by atoms with Gasteiger partial charge in [0, 0.05) is 12.8 Å². The molecule has 0 aliphatic rings. The fraction of sp³-hybridized carbons (Fsp3) is 0.818. The number of carbonyl (C=O) groups is 2. The molecular weight excluding hydrogens is 701 g/mol. The van der Waals surface area contributed by atoms with Gasteiger partial charge in [-0.2, -0.15) is 0 Å². The van der Waals surface area contributed by atoms with Crippen molar-refractivity contribution < 1.29 is 42.1 Å². The zero-order chi connectivity index (χ0) is 40.0. The Hall–Kier alpha value is -1.77. The van der Waals surface area contributed by atoms with Crippen LogP contribution in [0.3, 0.4) is 0 Å². The molecule has 54 heavy (non-hydrogen) atoms. The molecule has 0 saturated heterocycles. The number of phosphoric ester groups is 1. The smallest absolute Gasteiger partial charge is 0.306 e. The number of quaternary nitrogens is 1. The molecule has 0 radical (unpaired) electrons. The first-order chi connectivity index (χ1) is 26.0. The zero-order valence-corrected chi connectivity index (χ0v) is 36.3. The average molecular weight is 784 g/mol. The third-order valence-electron chi connectivity index (χ3n) is 9.13. The van der Waals surface area contributed by atoms with Crippen LogP contribution < -0.4 is 4.89 Å². The fourth-order valence-corrected chi connectivity index (χ4v) is 6.39. The van der Waals surface area contributed by atoms with Crippen molar-refractivity contribution in [3.63, 3.8) is 0 Å². The highest BCUT2D eigenvalue weighted by Gasteiger charge is 2.21. The number of rotatable bonds is 39. The quantitative estimate of drug-likeness (QED) is 0.0199. The van der Waals surface area contributed by atoms with E-state index in [0.29, 0.717) is 17.4 Å². The van der Waals surface area contributed by atoms with Gasteiger partial charge in [-0.05, 0) is 64.2 Å². The Balaban J connectivity index is 4.34. The number of unbranched alkanes of at least 4 members (excludes halogenated alkanes) is 19. The van der Waals surface area contributed by atoms with E-state index in [9.17, 15) is 19.0 Å². The molecule has 0 aliphatic heterocycles. The van der Waals surface area contributed by atoms with E-state index in [4.69, 9.17) is 18.5 Å². The third-order valence-corrected chi connectivity index (χ3v) is 10.1. The van der Waals surface area contributed by atoms with Gasteiger partial charge < -0.3 is 27.9 Å². The lowest BCUT2D eigenvalue weighted by molar-refractivity contribution is -0.870. The molecule has 0 rings (SSSR count). The van der Waals surface area contributed by atoms with Crippen molar-refractivity contribution in [1.29, 1.82) is 0 Å². The molecule has 9 nitrogen and oxygen atoms in total. The molecule has 0 saturated carbocycles. The molecule has 2 atom stereocenters. The number of likely N-dealkylation sites (N-methyl/N-ethyl adjacent to an activating group) is 1. The lowest BCUT2D eigenvalue weighted by Gasteiger charge is -2.28. The number of hydrogen-bond donors (Lipinski definition) is 0. The van der Waals surface area contributed by atoms with Crippen molar-refractivity contribution in [1.82, 2.24) is 0 Å². The van der Waals surface area contributed by atoms with E-state index in [-0.39, 0.29) is 26.1 Å². The summed E-state index contributed by atoms with van der Waals surface area (Å²) in [6.07, 6.45) is 40.2. The van der Waals surface area contributed by atoms with Crippen LogP contribution in [0.4, 0.5) is 0 Å². The van der Waals surface area contributed by atoms with Gasteiger partial charge in [0.1, 0.15) is 19.8 Å². The maximum atomic E-state index is 12.7. The first-order valence-electron chi connectivity index (χ1n) is 21.7. The zero-order valence-electron chi connectivity index (χ0n) is 35.4. The monoisotopic (exact) mass is 784 g/mol. The molecule has 0 bridgehead atoms. The molecule has 0 aromatic heterocycles. The lowest BCUT2D eigenvalue weighted by Crippen LogP contribution is -2.37. The van der Waals surface area contributed by atoms with E-state index >= 15 is 0 Å².